The molecule has 0 aromatic carbocycles. The molecular formula is C6H4ClF2NO2. The van der Waals surface area contributed by atoms with E-state index in [0.717, 1.165) is 12.3 Å². The zero-order valence-electron chi connectivity index (χ0n) is 5.68. The van der Waals surface area contributed by atoms with Crippen LogP contribution in [0.4, 0.5) is 8.78 Å². The van der Waals surface area contributed by atoms with Crippen molar-refractivity contribution >= 4 is 11.6 Å². The van der Waals surface area contributed by atoms with E-state index in [-0.39, 0.29) is 10.8 Å². The number of pyridine rings is 1. The van der Waals surface area contributed by atoms with Gasteiger partial charge in [0.25, 0.3) is 5.56 Å². The summed E-state index contributed by atoms with van der Waals surface area (Å²) in [7, 11) is 0. The molecule has 0 aliphatic heterocycles. The highest BCUT2D eigenvalue weighted by molar-refractivity contribution is 6.30. The molecule has 0 bridgehead atoms. The second-order valence-corrected chi connectivity index (χ2v) is 2.30. The smallest absolute Gasteiger partial charge is 0.387 e. The molecule has 66 valence electrons. The Morgan fingerprint density at radius 2 is 2.25 bits per heavy atom. The molecule has 1 heterocycles. The molecule has 1 aromatic rings. The first-order valence-corrected chi connectivity index (χ1v) is 3.30. The average molecular weight is 196 g/mol. The number of aromatic amines is 1. The quantitative estimate of drug-likeness (QED) is 0.779. The maximum absolute atomic E-state index is 11.6. The molecule has 0 saturated heterocycles. The van der Waals surface area contributed by atoms with E-state index in [1.165, 1.54) is 0 Å². The lowest BCUT2D eigenvalue weighted by Gasteiger charge is -2.02. The number of alkyl halides is 2. The summed E-state index contributed by atoms with van der Waals surface area (Å²) in [6, 6.07) is 1.02. The van der Waals surface area contributed by atoms with Gasteiger partial charge in [-0.2, -0.15) is 8.78 Å². The fourth-order valence-electron chi connectivity index (χ4n) is 0.609. The Morgan fingerprint density at radius 3 is 2.75 bits per heavy atom. The van der Waals surface area contributed by atoms with E-state index in [1.807, 2.05) is 0 Å². The van der Waals surface area contributed by atoms with Gasteiger partial charge in [0.1, 0.15) is 10.8 Å². The van der Waals surface area contributed by atoms with Gasteiger partial charge in [-0.3, -0.25) is 4.79 Å². The van der Waals surface area contributed by atoms with Crippen LogP contribution in [0.1, 0.15) is 0 Å². The minimum Gasteiger partial charge on any atom is -0.433 e. The van der Waals surface area contributed by atoms with Crippen LogP contribution in [0, 0.1) is 0 Å². The summed E-state index contributed by atoms with van der Waals surface area (Å²) in [5.41, 5.74) is -0.543. The first-order chi connectivity index (χ1) is 5.59. The summed E-state index contributed by atoms with van der Waals surface area (Å²) in [6.45, 7) is -2.92. The third-order valence-electron chi connectivity index (χ3n) is 1.06. The zero-order valence-corrected chi connectivity index (χ0v) is 6.44. The second-order valence-electron chi connectivity index (χ2n) is 1.89. The summed E-state index contributed by atoms with van der Waals surface area (Å²) in [5.74, 6) is -0.172. The van der Waals surface area contributed by atoms with Gasteiger partial charge in [0.15, 0.2) is 0 Å². The van der Waals surface area contributed by atoms with Gasteiger partial charge in [-0.15, -0.1) is 0 Å². The van der Waals surface area contributed by atoms with Crippen LogP contribution in [0.25, 0.3) is 0 Å². The molecule has 0 amide bonds. The van der Waals surface area contributed by atoms with Crippen LogP contribution in [-0.2, 0) is 0 Å². The van der Waals surface area contributed by atoms with E-state index in [2.05, 4.69) is 9.72 Å². The van der Waals surface area contributed by atoms with E-state index < -0.39 is 12.2 Å². The third kappa shape index (κ3) is 2.20. The highest BCUT2D eigenvalue weighted by atomic mass is 35.5. The zero-order chi connectivity index (χ0) is 9.14. The van der Waals surface area contributed by atoms with Crippen LogP contribution in [0.3, 0.4) is 0 Å². The molecular weight excluding hydrogens is 192 g/mol. The summed E-state index contributed by atoms with van der Waals surface area (Å²) in [4.78, 5) is 12.8. The molecule has 6 heteroatoms. The molecule has 1 N–H and O–H groups in total. The van der Waals surface area contributed by atoms with Crippen molar-refractivity contribution < 1.29 is 13.5 Å². The molecule has 1 rings (SSSR count). The molecule has 0 atom stereocenters. The van der Waals surface area contributed by atoms with Crippen molar-refractivity contribution in [3.63, 3.8) is 0 Å². The fraction of sp³-hybridized carbons (Fsp3) is 0.167. The molecule has 0 aliphatic carbocycles. The van der Waals surface area contributed by atoms with Crippen LogP contribution in [0.15, 0.2) is 17.1 Å². The highest BCUT2D eigenvalue weighted by Crippen LogP contribution is 2.14. The molecule has 0 radical (unpaired) electrons. The van der Waals surface area contributed by atoms with Crippen molar-refractivity contribution in [1.29, 1.82) is 0 Å². The predicted molar refractivity (Wildman–Crippen MR) is 38.7 cm³/mol. The number of hydrogen-bond donors (Lipinski definition) is 1. The maximum Gasteiger partial charge on any atom is 0.387 e. The van der Waals surface area contributed by atoms with Gasteiger partial charge in [-0.25, -0.2) is 0 Å². The van der Waals surface area contributed by atoms with Gasteiger partial charge in [0.05, 0.1) is 0 Å². The van der Waals surface area contributed by atoms with Gasteiger partial charge >= 0.3 is 6.61 Å². The Labute approximate surface area is 70.9 Å². The second kappa shape index (κ2) is 3.53. The minimum atomic E-state index is -2.92. The summed E-state index contributed by atoms with van der Waals surface area (Å²) >= 11 is 5.33. The van der Waals surface area contributed by atoms with Crippen LogP contribution in [-0.4, -0.2) is 11.6 Å². The number of nitrogens with one attached hydrogen (secondary N) is 1. The van der Waals surface area contributed by atoms with E-state index in [0.29, 0.717) is 0 Å². The first kappa shape index (κ1) is 8.99. The predicted octanol–water partition coefficient (Wildman–Crippen LogP) is 1.63. The lowest BCUT2D eigenvalue weighted by atomic mass is 10.4. The lowest BCUT2D eigenvalue weighted by Crippen LogP contribution is -2.08. The highest BCUT2D eigenvalue weighted by Gasteiger charge is 2.05. The van der Waals surface area contributed by atoms with Gasteiger partial charge < -0.3 is 9.72 Å². The van der Waals surface area contributed by atoms with Gasteiger partial charge in [0.2, 0.25) is 0 Å². The largest absolute Gasteiger partial charge is 0.433 e. The van der Waals surface area contributed by atoms with Crippen LogP contribution in [0.2, 0.25) is 5.02 Å². The molecule has 1 aromatic heterocycles. The summed E-state index contributed by atoms with van der Waals surface area (Å²) < 4.78 is 27.2. The van der Waals surface area contributed by atoms with Crippen molar-refractivity contribution in [2.45, 2.75) is 6.61 Å². The van der Waals surface area contributed by atoms with Crippen LogP contribution < -0.4 is 10.3 Å². The third-order valence-corrected chi connectivity index (χ3v) is 1.34. The van der Waals surface area contributed by atoms with Crippen LogP contribution >= 0.6 is 11.6 Å². The molecule has 0 unspecified atom stereocenters. The molecule has 3 nitrogen and oxygen atoms in total. The Bertz CT molecular complexity index is 326. The van der Waals surface area contributed by atoms with Crippen molar-refractivity contribution in [1.82, 2.24) is 4.98 Å². The van der Waals surface area contributed by atoms with Gasteiger partial charge in [-0.05, 0) is 0 Å². The van der Waals surface area contributed by atoms with Crippen molar-refractivity contribution in [3.8, 4) is 5.75 Å². The number of halogens is 3. The molecule has 0 saturated carbocycles. The SMILES string of the molecule is O=c1[nH]cc(OC(F)F)cc1Cl. The number of aromatic nitrogens is 1. The van der Waals surface area contributed by atoms with Gasteiger partial charge in [0, 0.05) is 12.3 Å². The Hall–Kier alpha value is -1.10. The average Bonchev–Trinajstić information content (AvgIpc) is 1.96. The normalized spacial score (nSPS) is 10.3. The molecule has 12 heavy (non-hydrogen) atoms. The molecule has 0 aliphatic rings. The van der Waals surface area contributed by atoms with Crippen LogP contribution in [0.5, 0.6) is 5.75 Å². The summed E-state index contributed by atoms with van der Waals surface area (Å²) in [6.07, 6.45) is 1.01. The number of H-pyrrole nitrogens is 1. The van der Waals surface area contributed by atoms with Crippen molar-refractivity contribution in [2.75, 3.05) is 0 Å². The molecule has 0 spiro atoms. The standard InChI is InChI=1S/C6H4ClF2NO2/c7-4-1-3(12-6(8)9)2-10-5(4)11/h1-2,6H,(H,10,11). The Kier molecular flexibility index (Phi) is 2.65. The topological polar surface area (TPSA) is 42.1 Å². The number of rotatable bonds is 2. The number of ether oxygens (including phenoxy) is 1. The minimum absolute atomic E-state index is 0.172. The number of hydrogen-bond acceptors (Lipinski definition) is 2. The lowest BCUT2D eigenvalue weighted by molar-refractivity contribution is -0.0500. The summed E-state index contributed by atoms with van der Waals surface area (Å²) in [5, 5.41) is -0.187. The van der Waals surface area contributed by atoms with Crippen molar-refractivity contribution in [3.05, 3.63) is 27.6 Å². The Morgan fingerprint density at radius 1 is 1.58 bits per heavy atom. The fourth-order valence-corrected chi connectivity index (χ4v) is 0.771. The van der Waals surface area contributed by atoms with E-state index in [4.69, 9.17) is 11.6 Å². The van der Waals surface area contributed by atoms with E-state index >= 15 is 0 Å². The monoisotopic (exact) mass is 195 g/mol. The van der Waals surface area contributed by atoms with E-state index in [1.54, 1.807) is 0 Å². The van der Waals surface area contributed by atoms with Gasteiger partial charge in [-0.1, -0.05) is 11.6 Å². The maximum atomic E-state index is 11.6. The van der Waals surface area contributed by atoms with Crippen molar-refractivity contribution in [2.24, 2.45) is 0 Å². The first-order valence-electron chi connectivity index (χ1n) is 2.92. The Balaban J connectivity index is 2.90. The van der Waals surface area contributed by atoms with E-state index in [9.17, 15) is 13.6 Å². The molecule has 0 fully saturated rings.